The van der Waals surface area contributed by atoms with Crippen molar-refractivity contribution in [1.29, 1.82) is 0 Å². The molecule has 5 heteroatoms. The van der Waals surface area contributed by atoms with Gasteiger partial charge in [0.2, 0.25) is 0 Å². The number of hydrogen-bond acceptors (Lipinski definition) is 2. The zero-order chi connectivity index (χ0) is 14.1. The second-order valence-electron chi connectivity index (χ2n) is 4.50. The van der Waals surface area contributed by atoms with Crippen LogP contribution in [0.5, 0.6) is 5.75 Å². The van der Waals surface area contributed by atoms with E-state index in [1.807, 2.05) is 6.92 Å². The second kappa shape index (κ2) is 4.92. The monoisotopic (exact) mass is 274 g/mol. The number of ether oxygens (including phenoxy) is 1. The topological polar surface area (TPSA) is 37.9 Å². The maximum absolute atomic E-state index is 13.1. The molecule has 0 amide bonds. The first-order valence-corrected chi connectivity index (χ1v) is 6.19. The summed E-state index contributed by atoms with van der Waals surface area (Å²) < 4.78 is 31.6. The number of nitrogens with one attached hydrogen (secondary N) is 1. The smallest absolute Gasteiger partial charge is 0.153 e. The van der Waals surface area contributed by atoms with Crippen LogP contribution in [0.3, 0.4) is 0 Å². The molecule has 102 valence electrons. The molecule has 3 aromatic rings. The highest BCUT2D eigenvalue weighted by atomic mass is 19.1. The molecule has 2 aromatic carbocycles. The van der Waals surface area contributed by atoms with Gasteiger partial charge >= 0.3 is 0 Å². The Hall–Kier alpha value is -2.43. The molecule has 0 saturated heterocycles. The van der Waals surface area contributed by atoms with Crippen molar-refractivity contribution in [2.24, 2.45) is 0 Å². The Bertz CT molecular complexity index is 737. The molecule has 0 radical (unpaired) electrons. The molecule has 3 nitrogen and oxygen atoms in total. The molecule has 0 fully saturated rings. The number of hydrogen-bond donors (Lipinski definition) is 1. The number of aromatic amines is 1. The van der Waals surface area contributed by atoms with Crippen molar-refractivity contribution in [1.82, 2.24) is 9.97 Å². The fourth-order valence-corrected chi connectivity index (χ4v) is 1.97. The Balaban J connectivity index is 1.84. The van der Waals surface area contributed by atoms with Crippen molar-refractivity contribution in [3.05, 3.63) is 59.9 Å². The van der Waals surface area contributed by atoms with Crippen molar-refractivity contribution in [3.8, 4) is 5.75 Å². The maximum Gasteiger partial charge on any atom is 0.153 e. The van der Waals surface area contributed by atoms with Crippen LogP contribution in [0.2, 0.25) is 0 Å². The van der Waals surface area contributed by atoms with E-state index in [1.165, 1.54) is 24.3 Å². The van der Waals surface area contributed by atoms with Gasteiger partial charge in [-0.15, -0.1) is 0 Å². The summed E-state index contributed by atoms with van der Waals surface area (Å²) in [6.45, 7) is 1.82. The maximum atomic E-state index is 13.1. The Kier molecular flexibility index (Phi) is 3.10. The minimum Gasteiger partial charge on any atom is -0.483 e. The summed E-state index contributed by atoms with van der Waals surface area (Å²) in [4.78, 5) is 7.36. The lowest BCUT2D eigenvalue weighted by Crippen LogP contribution is -2.04. The highest BCUT2D eigenvalue weighted by Crippen LogP contribution is 2.22. The lowest BCUT2D eigenvalue weighted by atomic mass is 10.3. The third-order valence-electron chi connectivity index (χ3n) is 2.97. The fourth-order valence-electron chi connectivity index (χ4n) is 1.97. The first kappa shape index (κ1) is 12.6. The van der Waals surface area contributed by atoms with E-state index in [0.29, 0.717) is 22.6 Å². The zero-order valence-electron chi connectivity index (χ0n) is 10.7. The summed E-state index contributed by atoms with van der Waals surface area (Å²) in [5.41, 5.74) is 1.30. The molecule has 0 aliphatic heterocycles. The van der Waals surface area contributed by atoms with Gasteiger partial charge in [-0.3, -0.25) is 0 Å². The van der Waals surface area contributed by atoms with Crippen LogP contribution in [-0.4, -0.2) is 9.97 Å². The normalized spacial score (nSPS) is 12.6. The van der Waals surface area contributed by atoms with Gasteiger partial charge in [-0.1, -0.05) is 0 Å². The molecule has 1 unspecified atom stereocenters. The van der Waals surface area contributed by atoms with Crippen LogP contribution in [0.25, 0.3) is 11.0 Å². The van der Waals surface area contributed by atoms with Gasteiger partial charge in [-0.2, -0.15) is 0 Å². The third-order valence-corrected chi connectivity index (χ3v) is 2.97. The number of benzene rings is 2. The quantitative estimate of drug-likeness (QED) is 0.784. The molecule has 0 bridgehead atoms. The number of fused-ring (bicyclic) bond motifs is 1. The first-order valence-electron chi connectivity index (χ1n) is 6.19. The average Bonchev–Trinajstić information content (AvgIpc) is 2.84. The van der Waals surface area contributed by atoms with Gasteiger partial charge in [0.05, 0.1) is 11.0 Å². The van der Waals surface area contributed by atoms with Crippen molar-refractivity contribution in [2.75, 3.05) is 0 Å². The van der Waals surface area contributed by atoms with Crippen LogP contribution in [0.4, 0.5) is 8.78 Å². The Labute approximate surface area is 114 Å². The second-order valence-corrected chi connectivity index (χ2v) is 4.50. The van der Waals surface area contributed by atoms with E-state index in [1.54, 1.807) is 18.2 Å². The Morgan fingerprint density at radius 3 is 2.50 bits per heavy atom. The predicted molar refractivity (Wildman–Crippen MR) is 71.5 cm³/mol. The van der Waals surface area contributed by atoms with Crippen LogP contribution in [0.15, 0.2) is 42.5 Å². The van der Waals surface area contributed by atoms with Gasteiger partial charge in [0, 0.05) is 0 Å². The summed E-state index contributed by atoms with van der Waals surface area (Å²) in [6.07, 6.45) is -0.351. The molecular weight excluding hydrogens is 262 g/mol. The highest BCUT2D eigenvalue weighted by Gasteiger charge is 2.13. The number of rotatable bonds is 3. The van der Waals surface area contributed by atoms with Gasteiger partial charge in [0.25, 0.3) is 0 Å². The highest BCUT2D eigenvalue weighted by molar-refractivity contribution is 5.75. The van der Waals surface area contributed by atoms with Gasteiger partial charge in [-0.05, 0) is 49.4 Å². The molecule has 1 N–H and O–H groups in total. The van der Waals surface area contributed by atoms with Gasteiger partial charge in [0.15, 0.2) is 6.10 Å². The van der Waals surface area contributed by atoms with E-state index in [4.69, 9.17) is 4.74 Å². The predicted octanol–water partition coefficient (Wildman–Crippen LogP) is 3.98. The fraction of sp³-hybridized carbons (Fsp3) is 0.133. The summed E-state index contributed by atoms with van der Waals surface area (Å²) in [5, 5.41) is 0. The molecule has 1 aromatic heterocycles. The molecule has 0 aliphatic carbocycles. The number of imidazole rings is 1. The van der Waals surface area contributed by atoms with Crippen LogP contribution in [0.1, 0.15) is 18.9 Å². The first-order chi connectivity index (χ1) is 9.61. The molecule has 0 aliphatic rings. The van der Waals surface area contributed by atoms with Crippen LogP contribution >= 0.6 is 0 Å². The van der Waals surface area contributed by atoms with Gasteiger partial charge < -0.3 is 9.72 Å². The zero-order valence-corrected chi connectivity index (χ0v) is 10.7. The van der Waals surface area contributed by atoms with Crippen LogP contribution in [0, 0.1) is 11.6 Å². The van der Waals surface area contributed by atoms with Gasteiger partial charge in [0.1, 0.15) is 23.2 Å². The van der Waals surface area contributed by atoms with E-state index in [-0.39, 0.29) is 17.7 Å². The Morgan fingerprint density at radius 2 is 1.75 bits per heavy atom. The molecule has 0 saturated carbocycles. The van der Waals surface area contributed by atoms with Gasteiger partial charge in [-0.25, -0.2) is 13.8 Å². The lowest BCUT2D eigenvalue weighted by molar-refractivity contribution is 0.217. The molecule has 0 spiro atoms. The molecule has 20 heavy (non-hydrogen) atoms. The van der Waals surface area contributed by atoms with E-state index in [9.17, 15) is 8.78 Å². The molecule has 1 atom stereocenters. The van der Waals surface area contributed by atoms with Crippen molar-refractivity contribution >= 4 is 11.0 Å². The third kappa shape index (κ3) is 2.47. The van der Waals surface area contributed by atoms with E-state index in [0.717, 1.165) is 0 Å². The van der Waals surface area contributed by atoms with Crippen molar-refractivity contribution < 1.29 is 13.5 Å². The van der Waals surface area contributed by atoms with Crippen LogP contribution in [-0.2, 0) is 0 Å². The average molecular weight is 274 g/mol. The largest absolute Gasteiger partial charge is 0.483 e. The lowest BCUT2D eigenvalue weighted by Gasteiger charge is -2.12. The minimum absolute atomic E-state index is 0.316. The number of nitrogens with zero attached hydrogens (tertiary/aromatic N) is 1. The SMILES string of the molecule is CC(Oc1ccc(F)cc1)c1nc2ccc(F)cc2[nH]1. The number of halogens is 2. The minimum atomic E-state index is -0.351. The molecular formula is C15H12F2N2O. The van der Waals surface area contributed by atoms with E-state index < -0.39 is 0 Å². The van der Waals surface area contributed by atoms with E-state index >= 15 is 0 Å². The molecule has 3 rings (SSSR count). The number of H-pyrrole nitrogens is 1. The summed E-state index contributed by atoms with van der Waals surface area (Å²) >= 11 is 0. The standard InChI is InChI=1S/C15H12F2N2O/c1-9(20-12-5-2-10(16)3-6-12)15-18-13-7-4-11(17)8-14(13)19-15/h2-9H,1H3,(H,18,19). The molecule has 1 heterocycles. The van der Waals surface area contributed by atoms with Crippen molar-refractivity contribution in [3.63, 3.8) is 0 Å². The summed E-state index contributed by atoms with van der Waals surface area (Å²) in [7, 11) is 0. The summed E-state index contributed by atoms with van der Waals surface area (Å²) in [6, 6.07) is 10.1. The Morgan fingerprint density at radius 1 is 1.05 bits per heavy atom. The summed E-state index contributed by atoms with van der Waals surface area (Å²) in [5.74, 6) is 0.504. The van der Waals surface area contributed by atoms with E-state index in [2.05, 4.69) is 9.97 Å². The van der Waals surface area contributed by atoms with Crippen molar-refractivity contribution in [2.45, 2.75) is 13.0 Å². The number of aromatic nitrogens is 2. The van der Waals surface area contributed by atoms with Crippen LogP contribution < -0.4 is 4.74 Å².